The van der Waals surface area contributed by atoms with E-state index >= 15 is 0 Å². The Bertz CT molecular complexity index is 6960. The second-order valence-corrected chi connectivity index (χ2v) is 33.4. The average Bonchev–Trinajstić information content (AvgIpc) is 1.44. The van der Waals surface area contributed by atoms with Gasteiger partial charge < -0.3 is 27.5 Å². The van der Waals surface area contributed by atoms with Crippen molar-refractivity contribution in [3.8, 4) is 145 Å². The van der Waals surface area contributed by atoms with Crippen LogP contribution in [0, 0.1) is 13.8 Å². The van der Waals surface area contributed by atoms with Crippen LogP contribution in [0.4, 0.5) is 0 Å². The third kappa shape index (κ3) is 13.0. The van der Waals surface area contributed by atoms with Crippen LogP contribution in [-0.4, -0.2) is 56.6 Å². The summed E-state index contributed by atoms with van der Waals surface area (Å²) in [5.74, 6) is 0. The highest BCUT2D eigenvalue weighted by Crippen LogP contribution is 2.48. The minimum atomic E-state index is -0.655. The van der Waals surface area contributed by atoms with Gasteiger partial charge in [-0.3, -0.25) is 19.9 Å². The standard InChI is InChI=1S/C106H84B2N4O6/c1-65-54-68(94-38-19-21-52-109-94)43-47-78(65)86-31-16-15-30-84(86)74-57-75(61-77(60-74)108-117-105(7,8)106(9,10)118-108)93-62-67(42-49-87(93)79-48-44-69(55-66(79)2)95-39-20-22-53-110-95)85-33-25-41-99-100(85)92-37-24-36-91(102(92)114-99)97-51-46-71(64-112-97)81-27-12-14-29-83(81)73-56-72(58-76(59-73)107-115-103(3,4)104(5,6)116-107)82-28-13-11-26-80(82)70-45-50-96(111-63-70)90-35-23-34-89-88-32-17-18-40-98(88)113-101(89)90/h11-64H,1-10H3. The molecule has 18 aromatic rings. The van der Waals surface area contributed by atoms with Crippen molar-refractivity contribution in [2.45, 2.75) is 91.6 Å². The van der Waals surface area contributed by atoms with Gasteiger partial charge in [-0.1, -0.05) is 212 Å². The maximum absolute atomic E-state index is 7.13. The Morgan fingerprint density at radius 3 is 1.08 bits per heavy atom. The first kappa shape index (κ1) is 73.7. The number of hydrogen-bond donors (Lipinski definition) is 0. The molecule has 0 amide bonds. The third-order valence-electron chi connectivity index (χ3n) is 24.9. The fourth-order valence-corrected chi connectivity index (χ4v) is 17.3. The van der Waals surface area contributed by atoms with Crippen LogP contribution >= 0.6 is 0 Å². The van der Waals surface area contributed by atoms with E-state index in [4.69, 9.17) is 47.4 Å². The van der Waals surface area contributed by atoms with E-state index < -0.39 is 36.6 Å². The van der Waals surface area contributed by atoms with Gasteiger partial charge in [-0.2, -0.15) is 0 Å². The molecule has 12 heteroatoms. The Hall–Kier alpha value is -13.2. The fraction of sp³-hybridized carbons (Fsp3) is 0.132. The summed E-state index contributed by atoms with van der Waals surface area (Å²) in [7, 11) is -1.28. The number of benzene rings is 12. The van der Waals surface area contributed by atoms with Gasteiger partial charge in [0.2, 0.25) is 0 Å². The lowest BCUT2D eigenvalue weighted by Gasteiger charge is -2.32. The minimum Gasteiger partial charge on any atom is -0.455 e. The number of rotatable bonds is 15. The van der Waals surface area contributed by atoms with E-state index in [1.807, 2.05) is 67.3 Å². The molecule has 20 rings (SSSR count). The summed E-state index contributed by atoms with van der Waals surface area (Å²) in [4.78, 5) is 19.9. The summed E-state index contributed by atoms with van der Waals surface area (Å²) in [6.07, 6.45) is 7.66. The summed E-state index contributed by atoms with van der Waals surface area (Å²) >= 11 is 0. The van der Waals surface area contributed by atoms with Crippen LogP contribution in [0.2, 0.25) is 0 Å². The van der Waals surface area contributed by atoms with Gasteiger partial charge in [-0.15, -0.1) is 0 Å². The molecule has 0 unspecified atom stereocenters. The summed E-state index contributed by atoms with van der Waals surface area (Å²) in [5.41, 5.74) is 31.3. The topological polar surface area (TPSA) is 115 Å². The molecule has 0 aliphatic carbocycles. The number of aromatic nitrogens is 4. The highest BCUT2D eigenvalue weighted by molar-refractivity contribution is 6.63. The Labute approximate surface area is 688 Å². The van der Waals surface area contributed by atoms with Crippen molar-refractivity contribution in [1.82, 2.24) is 19.9 Å². The van der Waals surface area contributed by atoms with Crippen LogP contribution in [0.5, 0.6) is 0 Å². The van der Waals surface area contributed by atoms with E-state index in [-0.39, 0.29) is 0 Å². The number of furan rings is 2. The highest BCUT2D eigenvalue weighted by Gasteiger charge is 2.53. The normalized spacial score (nSPS) is 14.8. The third-order valence-corrected chi connectivity index (χ3v) is 24.9. The van der Waals surface area contributed by atoms with Gasteiger partial charge in [-0.25, -0.2) is 0 Å². The summed E-state index contributed by atoms with van der Waals surface area (Å²) in [6, 6.07) is 108. The van der Waals surface area contributed by atoms with Crippen molar-refractivity contribution in [2.24, 2.45) is 0 Å². The van der Waals surface area contributed by atoms with Gasteiger partial charge in [0.25, 0.3) is 0 Å². The largest absolute Gasteiger partial charge is 0.494 e. The minimum absolute atomic E-state index is 0.568. The highest BCUT2D eigenvalue weighted by atomic mass is 16.7. The van der Waals surface area contributed by atoms with E-state index in [1.54, 1.807) is 0 Å². The summed E-state index contributed by atoms with van der Waals surface area (Å²) < 4.78 is 41.3. The molecule has 0 spiro atoms. The molecular weight excluding hydrogens is 1450 g/mol. The fourth-order valence-electron chi connectivity index (χ4n) is 17.3. The van der Waals surface area contributed by atoms with Crippen LogP contribution in [0.25, 0.3) is 189 Å². The van der Waals surface area contributed by atoms with Crippen molar-refractivity contribution in [2.75, 3.05) is 0 Å². The molecule has 0 atom stereocenters. The van der Waals surface area contributed by atoms with E-state index in [0.717, 1.165) is 211 Å². The van der Waals surface area contributed by atoms with Gasteiger partial charge in [0.1, 0.15) is 22.3 Å². The first-order valence-electron chi connectivity index (χ1n) is 40.5. The summed E-state index contributed by atoms with van der Waals surface area (Å²) in [5, 5.41) is 4.15. The predicted molar refractivity (Wildman–Crippen MR) is 484 cm³/mol. The van der Waals surface area contributed by atoms with Crippen LogP contribution in [0.1, 0.15) is 66.5 Å². The van der Waals surface area contributed by atoms with Crippen molar-refractivity contribution in [1.29, 1.82) is 0 Å². The molecule has 10 nitrogen and oxygen atoms in total. The molecule has 0 radical (unpaired) electrons. The number of aryl methyl sites for hydroxylation is 2. The quantitative estimate of drug-likeness (QED) is 0.0919. The molecule has 118 heavy (non-hydrogen) atoms. The van der Waals surface area contributed by atoms with Crippen molar-refractivity contribution in [3.05, 3.63) is 339 Å². The Kier molecular flexibility index (Phi) is 18.1. The number of nitrogens with zero attached hydrogens (tertiary/aromatic N) is 4. The van der Waals surface area contributed by atoms with Gasteiger partial charge in [0, 0.05) is 79.7 Å². The van der Waals surface area contributed by atoms with Crippen LogP contribution in [0.3, 0.4) is 0 Å². The smallest absolute Gasteiger partial charge is 0.455 e. The number of para-hydroxylation sites is 3. The number of fused-ring (bicyclic) bond motifs is 6. The molecule has 12 aromatic carbocycles. The van der Waals surface area contributed by atoms with Gasteiger partial charge in [0.15, 0.2) is 0 Å². The lowest BCUT2D eigenvalue weighted by atomic mass is 9.75. The molecule has 0 bridgehead atoms. The second kappa shape index (κ2) is 28.9. The zero-order chi connectivity index (χ0) is 80.3. The van der Waals surface area contributed by atoms with E-state index in [2.05, 4.69) is 330 Å². The second-order valence-electron chi connectivity index (χ2n) is 33.4. The number of hydrogen-bond acceptors (Lipinski definition) is 10. The molecule has 2 saturated heterocycles. The van der Waals surface area contributed by atoms with Crippen LogP contribution < -0.4 is 10.9 Å². The van der Waals surface area contributed by atoms with E-state index in [0.29, 0.717) is 0 Å². The lowest BCUT2D eigenvalue weighted by Crippen LogP contribution is -2.41. The number of pyridine rings is 4. The Morgan fingerprint density at radius 2 is 0.602 bits per heavy atom. The van der Waals surface area contributed by atoms with Crippen molar-refractivity contribution in [3.63, 3.8) is 0 Å². The molecule has 2 aliphatic rings. The molecule has 2 aliphatic heterocycles. The lowest BCUT2D eigenvalue weighted by molar-refractivity contribution is 0.00578. The summed E-state index contributed by atoms with van der Waals surface area (Å²) in [6.45, 7) is 21.3. The molecule has 570 valence electrons. The Morgan fingerprint density at radius 1 is 0.237 bits per heavy atom. The zero-order valence-electron chi connectivity index (χ0n) is 67.6. The van der Waals surface area contributed by atoms with Crippen LogP contribution in [-0.2, 0) is 18.6 Å². The maximum atomic E-state index is 7.13. The molecule has 2 fully saturated rings. The molecule has 0 N–H and O–H groups in total. The van der Waals surface area contributed by atoms with Gasteiger partial charge in [-0.05, 0) is 271 Å². The predicted octanol–water partition coefficient (Wildman–Crippen LogP) is 26.0. The first-order valence-corrected chi connectivity index (χ1v) is 40.5. The van der Waals surface area contributed by atoms with Crippen LogP contribution in [0.15, 0.2) is 337 Å². The van der Waals surface area contributed by atoms with Gasteiger partial charge in [0.05, 0.1) is 45.2 Å². The molecular formula is C106H84B2N4O6. The van der Waals surface area contributed by atoms with E-state index in [9.17, 15) is 0 Å². The van der Waals surface area contributed by atoms with Crippen molar-refractivity contribution >= 4 is 69.0 Å². The molecule has 0 saturated carbocycles. The zero-order valence-corrected chi connectivity index (χ0v) is 67.6. The average molecular weight is 1530 g/mol. The van der Waals surface area contributed by atoms with Crippen molar-refractivity contribution < 1.29 is 27.5 Å². The molecule has 6 aromatic heterocycles. The monoisotopic (exact) mass is 1530 g/mol. The van der Waals surface area contributed by atoms with Gasteiger partial charge >= 0.3 is 14.2 Å². The first-order chi connectivity index (χ1) is 57.2. The molecule has 8 heterocycles. The van der Waals surface area contributed by atoms with E-state index in [1.165, 1.54) is 0 Å². The maximum Gasteiger partial charge on any atom is 0.494 e. The SMILES string of the molecule is Cc1cc(-c2ccccn2)ccc1-c1ccccc1-c1cc(B2OC(C)(C)C(C)(C)O2)cc(-c2cc(-c3cccc4oc5c(-c6ccc(-c7ccccc7-c7cc(B8OC(C)(C)C(C)(C)O8)cc(-c8ccccc8-c8ccc(-c9cccc%10c9oc9ccccc9%10)nc8)c7)cn6)cccc5c34)ccc2-c2ccc(-c3ccccn3)cc2C)c1. The Balaban J connectivity index is 0.677.